The Hall–Kier alpha value is -6.26. The fraction of sp³-hybridized carbons (Fsp3) is 0.143. The predicted octanol–water partition coefficient (Wildman–Crippen LogP) is 12.9. The highest BCUT2D eigenvalue weighted by atomic mass is 16.3. The molecule has 0 saturated heterocycles. The second-order valence-corrected chi connectivity index (χ2v) is 14.3. The van der Waals surface area contributed by atoms with Crippen molar-refractivity contribution in [1.29, 1.82) is 0 Å². The standard InChI is InChI=1S/C49H43N3O/c1-32(2)43-31-39(23-24-40(43)34-17-10-7-11-18-34)52-45-21-14-20-41(47(45)51-48(52)42-19-12-13-22-46(42)53)36-27-37(29-38(28-36)49(3,4)5)44-30-35(25-26-50-44)33-15-8-6-9-16-33/h6-32,53H,1-5H3/i6D,8D,9D,15D,16D,25D,26D,30D,32D. The number of rotatable bonds is 7. The molecule has 0 amide bonds. The van der Waals surface area contributed by atoms with Crippen LogP contribution in [-0.4, -0.2) is 19.6 Å². The summed E-state index contributed by atoms with van der Waals surface area (Å²) in [4.78, 5) is 9.67. The molecule has 4 nitrogen and oxygen atoms in total. The zero-order valence-electron chi connectivity index (χ0n) is 39.2. The van der Waals surface area contributed by atoms with E-state index in [1.165, 1.54) is 0 Å². The maximum absolute atomic E-state index is 11.3. The molecule has 2 aromatic heterocycles. The molecule has 6 aromatic carbocycles. The van der Waals surface area contributed by atoms with Gasteiger partial charge >= 0.3 is 0 Å². The first kappa shape index (κ1) is 24.8. The van der Waals surface area contributed by atoms with Crippen LogP contribution >= 0.6 is 0 Å². The molecule has 0 aliphatic rings. The second-order valence-electron chi connectivity index (χ2n) is 14.3. The molecule has 8 rings (SSSR count). The number of nitrogens with zero attached hydrogens (tertiary/aromatic N) is 3. The number of hydrogen-bond donors (Lipinski definition) is 1. The van der Waals surface area contributed by atoms with E-state index in [1.807, 2.05) is 136 Å². The number of phenolic OH excluding ortho intramolecular Hbond substituents is 1. The fourth-order valence-corrected chi connectivity index (χ4v) is 6.70. The zero-order chi connectivity index (χ0) is 44.6. The molecule has 0 spiro atoms. The molecule has 0 aliphatic heterocycles. The summed E-state index contributed by atoms with van der Waals surface area (Å²) in [5.74, 6) is -0.467. The number of pyridine rings is 1. The van der Waals surface area contributed by atoms with Crippen LogP contribution in [0.4, 0.5) is 0 Å². The van der Waals surface area contributed by atoms with Crippen LogP contribution in [0, 0.1) is 0 Å². The largest absolute Gasteiger partial charge is 0.507 e. The van der Waals surface area contributed by atoms with Crippen LogP contribution in [0.5, 0.6) is 5.75 Å². The highest BCUT2D eigenvalue weighted by molar-refractivity contribution is 5.97. The molecule has 8 aromatic rings. The number of para-hydroxylation sites is 2. The van der Waals surface area contributed by atoms with Crippen LogP contribution in [0.3, 0.4) is 0 Å². The quantitative estimate of drug-likeness (QED) is 0.180. The molecule has 260 valence electrons. The van der Waals surface area contributed by atoms with Gasteiger partial charge in [0.1, 0.15) is 11.6 Å². The lowest BCUT2D eigenvalue weighted by molar-refractivity contribution is 0.477. The van der Waals surface area contributed by atoms with E-state index in [0.717, 1.165) is 33.5 Å². The molecule has 0 radical (unpaired) electrons. The normalized spacial score (nSPS) is 14.3. The smallest absolute Gasteiger partial charge is 0.149 e. The summed E-state index contributed by atoms with van der Waals surface area (Å²) in [6, 6.07) is 30.7. The van der Waals surface area contributed by atoms with Crippen molar-refractivity contribution in [3.8, 4) is 67.5 Å². The molecule has 53 heavy (non-hydrogen) atoms. The van der Waals surface area contributed by atoms with Crippen molar-refractivity contribution >= 4 is 11.0 Å². The van der Waals surface area contributed by atoms with E-state index in [9.17, 15) is 7.85 Å². The van der Waals surface area contributed by atoms with Crippen molar-refractivity contribution < 1.29 is 17.4 Å². The molecule has 0 aliphatic carbocycles. The van der Waals surface area contributed by atoms with Crippen LogP contribution in [0.15, 0.2) is 158 Å². The SMILES string of the molecule is [2H]c1nc(-c2cc(-c3cccc4c3nc(-c3ccccc3O)n4-c3ccc(-c4ccccc4)c(C([2H])(C)C)c3)cc(C(C)(C)C)c2)c([2H])c(-c2c([2H])c([2H])c([2H])c([2H])c2[2H])c1[2H]. The number of aromatic hydroxyl groups is 1. The van der Waals surface area contributed by atoms with Crippen LogP contribution < -0.4 is 0 Å². The van der Waals surface area contributed by atoms with Crippen LogP contribution in [0.2, 0.25) is 0 Å². The minimum atomic E-state index is -0.980. The predicted molar refractivity (Wildman–Crippen MR) is 220 cm³/mol. The third-order valence-corrected chi connectivity index (χ3v) is 9.44. The Morgan fingerprint density at radius 1 is 0.679 bits per heavy atom. The molecular weight excluding hydrogens is 647 g/mol. The van der Waals surface area contributed by atoms with E-state index in [0.29, 0.717) is 33.6 Å². The maximum atomic E-state index is 11.3. The molecule has 0 saturated carbocycles. The second kappa shape index (κ2) is 13.7. The van der Waals surface area contributed by atoms with Crippen LogP contribution in [0.1, 0.15) is 64.0 Å². The van der Waals surface area contributed by atoms with E-state index in [-0.39, 0.29) is 28.6 Å². The molecule has 0 bridgehead atoms. The minimum absolute atomic E-state index is 0.0109. The van der Waals surface area contributed by atoms with Gasteiger partial charge in [-0.1, -0.05) is 132 Å². The van der Waals surface area contributed by atoms with Crippen LogP contribution in [-0.2, 0) is 5.41 Å². The maximum Gasteiger partial charge on any atom is 0.149 e. The molecule has 0 fully saturated rings. The van der Waals surface area contributed by atoms with Crippen molar-refractivity contribution in [3.63, 3.8) is 0 Å². The zero-order valence-corrected chi connectivity index (χ0v) is 30.2. The minimum Gasteiger partial charge on any atom is -0.507 e. The van der Waals surface area contributed by atoms with Gasteiger partial charge in [0.15, 0.2) is 0 Å². The first-order valence-corrected chi connectivity index (χ1v) is 17.5. The number of benzene rings is 6. The number of phenols is 1. The number of hydrogen-bond acceptors (Lipinski definition) is 3. The van der Waals surface area contributed by atoms with Crippen molar-refractivity contribution in [2.45, 2.75) is 45.9 Å². The summed E-state index contributed by atoms with van der Waals surface area (Å²) in [5.41, 5.74) is 6.95. The Labute approximate surface area is 324 Å². The van der Waals surface area contributed by atoms with Crippen molar-refractivity contribution in [1.82, 2.24) is 14.5 Å². The Bertz CT molecular complexity index is 3070. The highest BCUT2D eigenvalue weighted by Crippen LogP contribution is 2.41. The highest BCUT2D eigenvalue weighted by Gasteiger charge is 2.23. The van der Waals surface area contributed by atoms with Gasteiger partial charge < -0.3 is 5.11 Å². The Morgan fingerprint density at radius 3 is 2.17 bits per heavy atom. The lowest BCUT2D eigenvalue weighted by Crippen LogP contribution is -2.11. The van der Waals surface area contributed by atoms with Crippen LogP contribution in [0.25, 0.3) is 72.7 Å². The number of fused-ring (bicyclic) bond motifs is 1. The Morgan fingerprint density at radius 2 is 1.42 bits per heavy atom. The molecule has 1 N–H and O–H groups in total. The van der Waals surface area contributed by atoms with E-state index >= 15 is 0 Å². The third-order valence-electron chi connectivity index (χ3n) is 9.44. The van der Waals surface area contributed by atoms with Crippen molar-refractivity contribution in [2.24, 2.45) is 0 Å². The monoisotopic (exact) mass is 698 g/mol. The summed E-state index contributed by atoms with van der Waals surface area (Å²) in [6.45, 7) is 9.85. The topological polar surface area (TPSA) is 50.9 Å². The van der Waals surface area contributed by atoms with E-state index in [1.54, 1.807) is 12.1 Å². The van der Waals surface area contributed by atoms with Gasteiger partial charge in [-0.25, -0.2) is 4.98 Å². The third kappa shape index (κ3) is 6.53. The first-order chi connectivity index (χ1) is 29.3. The summed E-state index contributed by atoms with van der Waals surface area (Å²) in [5, 5.41) is 11.3. The summed E-state index contributed by atoms with van der Waals surface area (Å²) in [7, 11) is 0. The first-order valence-electron chi connectivity index (χ1n) is 22.0. The van der Waals surface area contributed by atoms with Gasteiger partial charge in [0, 0.05) is 24.4 Å². The van der Waals surface area contributed by atoms with Gasteiger partial charge in [0.05, 0.1) is 33.3 Å². The van der Waals surface area contributed by atoms with Gasteiger partial charge in [-0.2, -0.15) is 0 Å². The van der Waals surface area contributed by atoms with E-state index in [4.69, 9.17) is 14.6 Å². The summed E-state index contributed by atoms with van der Waals surface area (Å²) in [6.07, 6.45) is -0.512. The molecule has 0 unspecified atom stereocenters. The van der Waals surface area contributed by atoms with Gasteiger partial charge in [0.25, 0.3) is 0 Å². The molecule has 4 heteroatoms. The summed E-state index contributed by atoms with van der Waals surface area (Å²) >= 11 is 0. The van der Waals surface area contributed by atoms with E-state index < -0.39 is 53.7 Å². The Balaban J connectivity index is 1.40. The number of imidazole rings is 1. The van der Waals surface area contributed by atoms with Gasteiger partial charge in [0.2, 0.25) is 0 Å². The van der Waals surface area contributed by atoms with Gasteiger partial charge in [-0.15, -0.1) is 0 Å². The lowest BCUT2D eigenvalue weighted by Gasteiger charge is -2.22. The van der Waals surface area contributed by atoms with Crippen molar-refractivity contribution in [2.75, 3.05) is 0 Å². The molecular formula is C49H43N3O. The molecule has 0 atom stereocenters. The fourth-order valence-electron chi connectivity index (χ4n) is 6.70. The lowest BCUT2D eigenvalue weighted by atomic mass is 9.83. The number of aromatic nitrogens is 3. The van der Waals surface area contributed by atoms with E-state index in [2.05, 4.69) is 4.98 Å². The average molecular weight is 699 g/mol. The summed E-state index contributed by atoms with van der Waals surface area (Å²) < 4.78 is 80.1. The van der Waals surface area contributed by atoms with Crippen molar-refractivity contribution in [3.05, 3.63) is 169 Å². The van der Waals surface area contributed by atoms with Gasteiger partial charge in [-0.05, 0) is 105 Å². The average Bonchev–Trinajstić information content (AvgIpc) is 3.63. The van der Waals surface area contributed by atoms with Gasteiger partial charge in [-0.3, -0.25) is 9.55 Å². The Kier molecular flexibility index (Phi) is 6.42. The molecule has 2 heterocycles.